The Bertz CT molecular complexity index is 3340. The van der Waals surface area contributed by atoms with Crippen molar-refractivity contribution >= 4 is 72.2 Å². The van der Waals surface area contributed by atoms with Gasteiger partial charge in [-0.3, -0.25) is 47.1 Å². The third kappa shape index (κ3) is 23.4. The van der Waals surface area contributed by atoms with Gasteiger partial charge in [-0.25, -0.2) is 21.6 Å². The van der Waals surface area contributed by atoms with E-state index in [2.05, 4.69) is 54.7 Å². The fourth-order valence-electron chi connectivity index (χ4n) is 20.0. The number of allylic oxidation sites excluding steroid dienone is 2. The number of hydrogen-bond acceptors (Lipinski definition) is 14. The average molecular weight is 1560 g/mol. The molecule has 108 heavy (non-hydrogen) atoms. The first-order valence-corrected chi connectivity index (χ1v) is 44.6. The topological polar surface area (TPSA) is 269 Å². The number of carbonyl (C=O) groups excluding carboxylic acids is 8. The molecule has 2 amide bonds. The molecule has 0 radical (unpaired) electrons. The number of carboxylic acids is 1. The molecule has 2 saturated heterocycles. The summed E-state index contributed by atoms with van der Waals surface area (Å²) in [7, 11) is -6.90. The second kappa shape index (κ2) is 39.1. The summed E-state index contributed by atoms with van der Waals surface area (Å²) in [5.74, 6) is -4.97. The highest BCUT2D eigenvalue weighted by Crippen LogP contribution is 2.67. The number of alkyl halides is 2. The lowest BCUT2D eigenvalue weighted by Crippen LogP contribution is -2.52. The van der Waals surface area contributed by atoms with E-state index in [0.717, 1.165) is 122 Å². The summed E-state index contributed by atoms with van der Waals surface area (Å²) in [4.78, 5) is 125. The molecular formula is C87H144F2N2O15S2. The van der Waals surface area contributed by atoms with Gasteiger partial charge in [0.2, 0.25) is 17.6 Å². The molecule has 2 unspecified atom stereocenters. The van der Waals surface area contributed by atoms with Gasteiger partial charge < -0.3 is 20.0 Å². The van der Waals surface area contributed by atoms with Gasteiger partial charge in [-0.1, -0.05) is 158 Å². The van der Waals surface area contributed by atoms with Crippen molar-refractivity contribution in [1.82, 2.24) is 9.80 Å². The maximum absolute atomic E-state index is 15.0. The van der Waals surface area contributed by atoms with Crippen LogP contribution in [0.4, 0.5) is 8.78 Å². The molecule has 8 fully saturated rings. The van der Waals surface area contributed by atoms with E-state index in [4.69, 9.17) is 0 Å². The van der Waals surface area contributed by atoms with E-state index in [1.165, 1.54) is 0 Å². The van der Waals surface area contributed by atoms with Crippen LogP contribution in [0.15, 0.2) is 25.3 Å². The lowest BCUT2D eigenvalue weighted by atomic mass is 9.64. The first kappa shape index (κ1) is 94.2. The number of fused-ring (bicyclic) bond motifs is 2. The van der Waals surface area contributed by atoms with Gasteiger partial charge in [0.15, 0.2) is 37.0 Å². The quantitative estimate of drug-likeness (QED) is 0.0330. The smallest absolute Gasteiger partial charge is 0.326 e. The van der Waals surface area contributed by atoms with E-state index in [1.807, 2.05) is 6.92 Å². The normalized spacial score (nSPS) is 25.7. The SMILES string of the molecule is C.C=CCCC(=O)C(=O)[C@H](CCCCF)CC(=O)[C@@H]1[C@@H]2[C@H](CN1C(=O)[C@@H](CC(=O)CC1(CS(=O)(=O)C(C)(C)C)CCCCC1)C1(C)CCCCC1)C2(C)C.C=CCCC(=O)C(O)C(C)CCCCF.CC1([C@H](CC(=O)CC2(CS(=O)(=O)C(C)(C)C)CCCCC2)C(=O)N2C[C@H]3[C@@H]([C@H]2C(=O)O)C3(C)C)CCCCC1. The number of aliphatic carboxylic acids is 1. The first-order chi connectivity index (χ1) is 49.8. The third-order valence-electron chi connectivity index (χ3n) is 27.6. The van der Waals surface area contributed by atoms with Crippen LogP contribution in [-0.4, -0.2) is 155 Å². The van der Waals surface area contributed by atoms with Crippen molar-refractivity contribution in [3.63, 3.8) is 0 Å². The third-order valence-corrected chi connectivity index (χ3v) is 33.4. The molecule has 2 aliphatic heterocycles. The molecule has 0 aromatic heterocycles. The Morgan fingerprint density at radius 1 is 0.528 bits per heavy atom. The van der Waals surface area contributed by atoms with Crippen molar-refractivity contribution in [1.29, 1.82) is 0 Å². The molecule has 0 aromatic carbocycles. The van der Waals surface area contributed by atoms with Crippen LogP contribution in [-0.2, 0) is 62.8 Å². The molecule has 2 heterocycles. The number of carboxylic acid groups (broad SMARTS) is 1. The maximum Gasteiger partial charge on any atom is 0.326 e. The van der Waals surface area contributed by atoms with E-state index < -0.39 is 106 Å². The van der Waals surface area contributed by atoms with Crippen molar-refractivity contribution in [3.8, 4) is 0 Å². The van der Waals surface area contributed by atoms with Crippen LogP contribution >= 0.6 is 0 Å². The van der Waals surface area contributed by atoms with Gasteiger partial charge in [-0.15, -0.1) is 13.2 Å². The number of Topliss-reactive ketones (excluding diaryl/α,β-unsaturated/α-hetero) is 6. The number of carbonyl (C=O) groups is 9. The number of halogens is 2. The summed E-state index contributed by atoms with van der Waals surface area (Å²) in [6.45, 7) is 31.8. The van der Waals surface area contributed by atoms with E-state index in [9.17, 15) is 74.2 Å². The number of piperidine rings is 2. The monoisotopic (exact) mass is 1560 g/mol. The highest BCUT2D eigenvalue weighted by atomic mass is 32.2. The minimum absolute atomic E-state index is 0. The summed E-state index contributed by atoms with van der Waals surface area (Å²) < 4.78 is 76.6. The number of sulfone groups is 2. The standard InChI is InChI=1S/C43H68FNO7S.C31H51NO6S.C12H21FO2.CH4/c1-8-9-19-34(47)38(49)30(18-12-17-24-44)25-35(48)37-36-33(41(36,5)6)28-45(37)39(50)32(42(7)20-13-10-14-21-42)26-31(46)27-43(22-15-11-16-23-43)29-53(51,52)40(2,3)4;1-28(2,3)39(37,38)20-31(15-11-8-12-16-31)18-21(33)17-22(30(6)13-9-7-10-14-30)26(34)32-19-23-24(29(23,4)5)25(32)27(35)36;1-3-4-8-11(14)12(15)10(2)7-5-6-9-13;/h8,30,32-33,36-37H,1,9-29H2,2-7H3;22-25H,7-20H2,1-6H3,(H,35,36);3,10,12,15H,1,4-9H2,2H3;1H4/t30-,32-,33+,36+,37-;22-,23+,24+,25+;;/m11../s1. The van der Waals surface area contributed by atoms with Gasteiger partial charge >= 0.3 is 5.97 Å². The molecule has 2 N–H and O–H groups in total. The lowest BCUT2D eigenvalue weighted by Gasteiger charge is -2.44. The molecule has 0 aromatic rings. The van der Waals surface area contributed by atoms with Crippen molar-refractivity contribution in [2.75, 3.05) is 37.9 Å². The Kier molecular flexibility index (Phi) is 34.1. The highest BCUT2D eigenvalue weighted by molar-refractivity contribution is 7.93. The van der Waals surface area contributed by atoms with Crippen LogP contribution in [0.3, 0.4) is 0 Å². The molecule has 6 saturated carbocycles. The van der Waals surface area contributed by atoms with Gasteiger partial charge in [-0.05, 0) is 188 Å². The number of likely N-dealkylation sites (tertiary alicyclic amines) is 2. The Morgan fingerprint density at radius 2 is 0.889 bits per heavy atom. The van der Waals surface area contributed by atoms with Crippen molar-refractivity contribution < 1.29 is 79.0 Å². The Balaban J connectivity index is 0.000000332. The van der Waals surface area contributed by atoms with Gasteiger partial charge in [0.25, 0.3) is 0 Å². The van der Waals surface area contributed by atoms with Crippen LogP contribution < -0.4 is 0 Å². The number of nitrogens with zero attached hydrogens (tertiary/aromatic N) is 2. The number of aliphatic hydroxyl groups is 1. The van der Waals surface area contributed by atoms with E-state index in [1.54, 1.807) is 63.5 Å². The van der Waals surface area contributed by atoms with Crippen LogP contribution in [0.5, 0.6) is 0 Å². The molecule has 8 aliphatic rings. The maximum atomic E-state index is 15.0. The van der Waals surface area contributed by atoms with Gasteiger partial charge in [0.05, 0.1) is 52.2 Å². The summed E-state index contributed by atoms with van der Waals surface area (Å²) >= 11 is 0. The summed E-state index contributed by atoms with van der Waals surface area (Å²) in [6.07, 6.45) is 24.5. The van der Waals surface area contributed by atoms with Crippen LogP contribution in [0.2, 0.25) is 0 Å². The predicted molar refractivity (Wildman–Crippen MR) is 425 cm³/mol. The van der Waals surface area contributed by atoms with Gasteiger partial charge in [0, 0.05) is 69.9 Å². The Hall–Kier alpha value is -4.37. The molecule has 11 atom stereocenters. The highest BCUT2D eigenvalue weighted by Gasteiger charge is 2.71. The minimum atomic E-state index is -3.49. The fourth-order valence-corrected chi connectivity index (χ4v) is 23.2. The first-order valence-electron chi connectivity index (χ1n) is 41.3. The molecule has 21 heteroatoms. The van der Waals surface area contributed by atoms with E-state index >= 15 is 4.79 Å². The zero-order valence-corrected chi connectivity index (χ0v) is 69.7. The van der Waals surface area contributed by atoms with Crippen LogP contribution in [0.1, 0.15) is 322 Å². The average Bonchev–Trinajstić information content (AvgIpc) is 1.53. The van der Waals surface area contributed by atoms with Crippen LogP contribution in [0, 0.1) is 79.8 Å². The van der Waals surface area contributed by atoms with E-state index in [-0.39, 0.29) is 158 Å². The zero-order chi connectivity index (χ0) is 80.1. The number of aliphatic hydroxyl groups excluding tert-OH is 1. The number of rotatable bonds is 38. The second-order valence-corrected chi connectivity index (χ2v) is 43.9. The van der Waals surface area contributed by atoms with Gasteiger partial charge in [-0.2, -0.15) is 0 Å². The van der Waals surface area contributed by atoms with Crippen molar-refractivity contribution in [2.24, 2.45) is 79.8 Å². The lowest BCUT2D eigenvalue weighted by molar-refractivity contribution is -0.155. The van der Waals surface area contributed by atoms with E-state index in [0.29, 0.717) is 64.5 Å². The number of ketones is 6. The Labute approximate surface area is 650 Å². The molecule has 6 aliphatic carbocycles. The van der Waals surface area contributed by atoms with Crippen molar-refractivity contribution in [2.45, 2.75) is 350 Å². The summed E-state index contributed by atoms with van der Waals surface area (Å²) in [5, 5.41) is 19.7. The summed E-state index contributed by atoms with van der Waals surface area (Å²) in [5.41, 5.74) is -2.27. The predicted octanol–water partition coefficient (Wildman–Crippen LogP) is 17.3. The number of amides is 2. The fraction of sp³-hybridized carbons (Fsp3) is 0.851. The molecule has 0 spiro atoms. The molecule has 17 nitrogen and oxygen atoms in total. The zero-order valence-electron chi connectivity index (χ0n) is 68.1. The minimum Gasteiger partial charge on any atom is -0.480 e. The van der Waals surface area contributed by atoms with Crippen molar-refractivity contribution in [3.05, 3.63) is 25.3 Å². The van der Waals surface area contributed by atoms with Crippen LogP contribution in [0.25, 0.3) is 0 Å². The molecule has 618 valence electrons. The molecule has 8 rings (SSSR count). The largest absolute Gasteiger partial charge is 0.480 e. The number of unbranched alkanes of at least 4 members (excludes halogenated alkanes) is 2. The Morgan fingerprint density at radius 3 is 1.26 bits per heavy atom. The second-order valence-electron chi connectivity index (χ2n) is 38.4. The summed E-state index contributed by atoms with van der Waals surface area (Å²) in [6, 6.07) is -1.59. The van der Waals surface area contributed by atoms with Gasteiger partial charge in [0.1, 0.15) is 23.7 Å². The number of hydrogen-bond donors (Lipinski definition) is 2. The molecular weight excluding hydrogens is 1420 g/mol. The molecule has 0 bridgehead atoms.